The molecular weight excluding hydrogens is 517 g/mol. The molecule has 242 valence electrons. The summed E-state index contributed by atoms with van der Waals surface area (Å²) < 4.78 is 24.6. The molecule has 2 atom stereocenters. The molecule has 1 N–H and O–H groups in total. The van der Waals surface area contributed by atoms with Crippen LogP contribution in [0, 0.1) is 0 Å². The van der Waals surface area contributed by atoms with Crippen LogP contribution in [0.1, 0.15) is 195 Å². The molecule has 2 unspecified atom stereocenters. The Hall–Kier alpha value is 0.0700. The van der Waals surface area contributed by atoms with Crippen LogP contribution in [0.2, 0.25) is 0 Å². The van der Waals surface area contributed by atoms with E-state index >= 15 is 0 Å². The van der Waals surface area contributed by atoms with Crippen LogP contribution in [0.5, 0.6) is 0 Å². The van der Waals surface area contributed by atoms with Crippen molar-refractivity contribution in [3.8, 4) is 0 Å². The quantitative estimate of drug-likeness (QED) is 0.0469. The average molecular weight is 590 g/mol. The van der Waals surface area contributed by atoms with E-state index in [9.17, 15) is 9.46 Å². The molecule has 40 heavy (non-hydrogen) atoms. The van der Waals surface area contributed by atoms with Gasteiger partial charge in [0.25, 0.3) is 0 Å². The zero-order valence-corrected chi connectivity index (χ0v) is 28.5. The first kappa shape index (κ1) is 40.1. The molecule has 0 aromatic heterocycles. The molecule has 5 nitrogen and oxygen atoms in total. The van der Waals surface area contributed by atoms with Crippen molar-refractivity contribution in [3.05, 3.63) is 0 Å². The number of hydrogen-bond acceptors (Lipinski definition) is 4. The summed E-state index contributed by atoms with van der Waals surface area (Å²) in [5, 5.41) is 0. The lowest BCUT2D eigenvalue weighted by molar-refractivity contribution is -0.0135. The molecule has 6 heteroatoms. The molecule has 0 heterocycles. The Kier molecular flexibility index (Phi) is 30.6. The minimum absolute atomic E-state index is 0.306. The largest absolute Gasteiger partial charge is 0.473 e. The molecule has 0 aromatic carbocycles. The third-order valence-corrected chi connectivity index (χ3v) is 9.09. The summed E-state index contributed by atoms with van der Waals surface area (Å²) >= 11 is 0. The van der Waals surface area contributed by atoms with E-state index in [0.29, 0.717) is 6.61 Å². The summed E-state index contributed by atoms with van der Waals surface area (Å²) in [6.07, 6.45) is 30.9. The lowest BCUT2D eigenvalue weighted by Crippen LogP contribution is -2.38. The minimum Gasteiger partial charge on any atom is -0.302 e. The van der Waals surface area contributed by atoms with Crippen LogP contribution >= 0.6 is 7.82 Å². The van der Waals surface area contributed by atoms with Crippen LogP contribution in [0.3, 0.4) is 0 Å². The first-order valence-corrected chi connectivity index (χ1v) is 19.4. The van der Waals surface area contributed by atoms with Gasteiger partial charge in [-0.1, -0.05) is 163 Å². The molecule has 0 aliphatic rings. The third-order valence-electron chi connectivity index (χ3n) is 8.07. The zero-order valence-electron chi connectivity index (χ0n) is 27.6. The van der Waals surface area contributed by atoms with Gasteiger partial charge in [-0.2, -0.15) is 0 Å². The fraction of sp³-hybridized carbons (Fsp3) is 1.00. The summed E-state index contributed by atoms with van der Waals surface area (Å²) in [6.45, 7) is 11.2. The van der Waals surface area contributed by atoms with Crippen molar-refractivity contribution in [1.29, 1.82) is 0 Å². The molecule has 0 bridgehead atoms. The predicted molar refractivity (Wildman–Crippen MR) is 175 cm³/mol. The maximum atomic E-state index is 13.1. The SMILES string of the molecule is CCCCCCCCCOP(=O)(O)OC(CCCCCCCC)N(CCCCCCCC)CCCCCCCC. The highest BCUT2D eigenvalue weighted by Gasteiger charge is 2.30. The smallest absolute Gasteiger partial charge is 0.302 e. The van der Waals surface area contributed by atoms with Gasteiger partial charge in [0.2, 0.25) is 0 Å². The van der Waals surface area contributed by atoms with E-state index in [1.54, 1.807) is 0 Å². The van der Waals surface area contributed by atoms with Gasteiger partial charge >= 0.3 is 7.82 Å². The number of hydrogen-bond donors (Lipinski definition) is 1. The van der Waals surface area contributed by atoms with Crippen molar-refractivity contribution < 1.29 is 18.5 Å². The van der Waals surface area contributed by atoms with Gasteiger partial charge in [-0.05, 0) is 32.1 Å². The van der Waals surface area contributed by atoms with Crippen LogP contribution in [0.4, 0.5) is 0 Å². The lowest BCUT2D eigenvalue weighted by Gasteiger charge is -2.32. The molecule has 0 saturated heterocycles. The number of rotatable bonds is 33. The second-order valence-electron chi connectivity index (χ2n) is 12.1. The van der Waals surface area contributed by atoms with Gasteiger partial charge < -0.3 is 4.89 Å². The number of unbranched alkanes of at least 4 members (excludes halogenated alkanes) is 21. The van der Waals surface area contributed by atoms with Crippen molar-refractivity contribution in [1.82, 2.24) is 4.90 Å². The van der Waals surface area contributed by atoms with Gasteiger partial charge in [-0.3, -0.25) is 13.9 Å². The monoisotopic (exact) mass is 590 g/mol. The van der Waals surface area contributed by atoms with Crippen LogP contribution in [0.15, 0.2) is 0 Å². The number of nitrogens with zero attached hydrogens (tertiary/aromatic N) is 1. The highest BCUT2D eigenvalue weighted by atomic mass is 31.2. The highest BCUT2D eigenvalue weighted by Crippen LogP contribution is 2.46. The first-order valence-electron chi connectivity index (χ1n) is 17.9. The standard InChI is InChI=1S/C34H72NO4P/c1-5-9-13-17-21-25-29-33-38-40(36,37)39-34(30-26-22-18-14-10-6-2)35(31-27-23-19-15-11-7-3)32-28-24-20-16-12-8-4/h34H,5-33H2,1-4H3,(H,36,37). The molecule has 0 aromatic rings. The molecule has 0 aliphatic heterocycles. The van der Waals surface area contributed by atoms with Crippen LogP contribution < -0.4 is 0 Å². The summed E-state index contributed by atoms with van der Waals surface area (Å²) in [5.41, 5.74) is 0. The van der Waals surface area contributed by atoms with Gasteiger partial charge in [0, 0.05) is 13.1 Å². The van der Waals surface area contributed by atoms with Crippen LogP contribution in [-0.4, -0.2) is 35.7 Å². The molecule has 0 spiro atoms. The fourth-order valence-electron chi connectivity index (χ4n) is 5.41. The summed E-state index contributed by atoms with van der Waals surface area (Å²) in [7, 11) is -4.08. The van der Waals surface area contributed by atoms with Gasteiger partial charge in [0.15, 0.2) is 0 Å². The molecule has 0 amide bonds. The molecule has 0 saturated carbocycles. The minimum atomic E-state index is -4.08. The Bertz CT molecular complexity index is 532. The summed E-state index contributed by atoms with van der Waals surface area (Å²) in [4.78, 5) is 13.1. The summed E-state index contributed by atoms with van der Waals surface area (Å²) in [6, 6.07) is 0. The zero-order chi connectivity index (χ0) is 29.6. The Labute approximate surface area is 251 Å². The van der Waals surface area contributed by atoms with Gasteiger partial charge in [0.1, 0.15) is 6.23 Å². The van der Waals surface area contributed by atoms with Crippen molar-refractivity contribution >= 4 is 7.82 Å². The second kappa shape index (κ2) is 30.5. The van der Waals surface area contributed by atoms with E-state index in [0.717, 1.165) is 58.0 Å². The van der Waals surface area contributed by atoms with Crippen molar-refractivity contribution in [2.75, 3.05) is 19.7 Å². The van der Waals surface area contributed by atoms with Crippen LogP contribution in [-0.2, 0) is 13.6 Å². The van der Waals surface area contributed by atoms with E-state index in [1.165, 1.54) is 122 Å². The molecule has 0 radical (unpaired) electrons. The molecule has 0 rings (SSSR count). The lowest BCUT2D eigenvalue weighted by atomic mass is 10.1. The third kappa shape index (κ3) is 26.9. The van der Waals surface area contributed by atoms with Crippen LogP contribution in [0.25, 0.3) is 0 Å². The Morgan fingerprint density at radius 1 is 0.525 bits per heavy atom. The second-order valence-corrected chi connectivity index (χ2v) is 13.5. The summed E-state index contributed by atoms with van der Waals surface area (Å²) in [5.74, 6) is 0. The first-order chi connectivity index (χ1) is 19.5. The van der Waals surface area contributed by atoms with E-state index < -0.39 is 7.82 Å². The van der Waals surface area contributed by atoms with E-state index in [-0.39, 0.29) is 6.23 Å². The predicted octanol–water partition coefficient (Wildman–Crippen LogP) is 12.0. The van der Waals surface area contributed by atoms with E-state index in [4.69, 9.17) is 9.05 Å². The molecule has 0 fully saturated rings. The van der Waals surface area contributed by atoms with Gasteiger partial charge in [-0.15, -0.1) is 0 Å². The average Bonchev–Trinajstić information content (AvgIpc) is 2.94. The van der Waals surface area contributed by atoms with Gasteiger partial charge in [-0.25, -0.2) is 4.57 Å². The molecule has 0 aliphatic carbocycles. The maximum absolute atomic E-state index is 13.1. The van der Waals surface area contributed by atoms with E-state index in [2.05, 4.69) is 32.6 Å². The highest BCUT2D eigenvalue weighted by molar-refractivity contribution is 7.47. The maximum Gasteiger partial charge on any atom is 0.473 e. The van der Waals surface area contributed by atoms with E-state index in [1.807, 2.05) is 0 Å². The van der Waals surface area contributed by atoms with Gasteiger partial charge in [0.05, 0.1) is 6.61 Å². The topological polar surface area (TPSA) is 59.0 Å². The fourth-order valence-corrected chi connectivity index (χ4v) is 6.38. The molecular formula is C34H72NO4P. The van der Waals surface area contributed by atoms with Crippen molar-refractivity contribution in [2.24, 2.45) is 0 Å². The Morgan fingerprint density at radius 2 is 0.875 bits per heavy atom. The Balaban J connectivity index is 5.01. The number of phosphoric acid groups is 1. The number of phosphoric ester groups is 1. The van der Waals surface area contributed by atoms with Crippen molar-refractivity contribution in [3.63, 3.8) is 0 Å². The normalized spacial score (nSPS) is 14.2. The Morgan fingerprint density at radius 3 is 1.30 bits per heavy atom. The van der Waals surface area contributed by atoms with Crippen molar-refractivity contribution in [2.45, 2.75) is 201 Å².